The largest absolute Gasteiger partial charge is 0.354 e. The molecule has 0 radical (unpaired) electrons. The van der Waals surface area contributed by atoms with Crippen LogP contribution in [0.5, 0.6) is 0 Å². The molecule has 2 nitrogen and oxygen atoms in total. The SMILES string of the molecule is N#Cc1cc(F)ccc1Nc1ccc(Cl)cc1I. The van der Waals surface area contributed by atoms with Crippen LogP contribution >= 0.6 is 34.2 Å². The highest BCUT2D eigenvalue weighted by Gasteiger charge is 2.06. The molecular weight excluding hydrogens is 366 g/mol. The van der Waals surface area contributed by atoms with Gasteiger partial charge in [-0.25, -0.2) is 4.39 Å². The minimum Gasteiger partial charge on any atom is -0.354 e. The van der Waals surface area contributed by atoms with Crippen molar-refractivity contribution in [1.29, 1.82) is 5.26 Å². The number of hydrogen-bond acceptors (Lipinski definition) is 2. The maximum Gasteiger partial charge on any atom is 0.124 e. The van der Waals surface area contributed by atoms with Crippen LogP contribution in [0.25, 0.3) is 0 Å². The Bertz CT molecular complexity index is 637. The predicted octanol–water partition coefficient (Wildman–Crippen LogP) is 4.70. The first-order valence-electron chi connectivity index (χ1n) is 5.02. The predicted molar refractivity (Wildman–Crippen MR) is 78.6 cm³/mol. The molecule has 0 heterocycles. The molecule has 0 bridgehead atoms. The zero-order valence-corrected chi connectivity index (χ0v) is 12.0. The summed E-state index contributed by atoms with van der Waals surface area (Å²) >= 11 is 8.00. The molecule has 2 rings (SSSR count). The van der Waals surface area contributed by atoms with Gasteiger partial charge in [-0.3, -0.25) is 0 Å². The van der Waals surface area contributed by atoms with Crippen LogP contribution in [0, 0.1) is 20.7 Å². The zero-order chi connectivity index (χ0) is 13.1. The summed E-state index contributed by atoms with van der Waals surface area (Å²) in [5.41, 5.74) is 1.66. The number of nitrogens with one attached hydrogen (secondary N) is 1. The fraction of sp³-hybridized carbons (Fsp3) is 0. The monoisotopic (exact) mass is 372 g/mol. The second kappa shape index (κ2) is 5.55. The lowest BCUT2D eigenvalue weighted by Gasteiger charge is -2.10. The summed E-state index contributed by atoms with van der Waals surface area (Å²) in [6.07, 6.45) is 0. The molecule has 2 aromatic rings. The average molecular weight is 373 g/mol. The summed E-state index contributed by atoms with van der Waals surface area (Å²) < 4.78 is 13.9. The molecule has 0 spiro atoms. The van der Waals surface area contributed by atoms with E-state index in [0.717, 1.165) is 9.26 Å². The maximum atomic E-state index is 13.0. The average Bonchev–Trinajstić information content (AvgIpc) is 2.34. The molecule has 0 fully saturated rings. The molecule has 1 N–H and O–H groups in total. The first-order chi connectivity index (χ1) is 8.60. The van der Waals surface area contributed by atoms with Crippen LogP contribution < -0.4 is 5.32 Å². The number of nitriles is 1. The van der Waals surface area contributed by atoms with Crippen LogP contribution in [-0.2, 0) is 0 Å². The van der Waals surface area contributed by atoms with E-state index in [1.54, 1.807) is 18.2 Å². The fourth-order valence-electron chi connectivity index (χ4n) is 1.45. The Morgan fingerprint density at radius 1 is 1.17 bits per heavy atom. The Hall–Kier alpha value is -1.32. The number of halogens is 3. The summed E-state index contributed by atoms with van der Waals surface area (Å²) in [6.45, 7) is 0. The van der Waals surface area contributed by atoms with Gasteiger partial charge in [-0.1, -0.05) is 11.6 Å². The van der Waals surface area contributed by atoms with Gasteiger partial charge in [0.05, 0.1) is 16.9 Å². The number of rotatable bonds is 2. The molecule has 0 unspecified atom stereocenters. The Morgan fingerprint density at radius 3 is 2.56 bits per heavy atom. The van der Waals surface area contributed by atoms with E-state index in [1.807, 2.05) is 12.1 Å². The van der Waals surface area contributed by atoms with E-state index >= 15 is 0 Å². The molecule has 0 saturated heterocycles. The van der Waals surface area contributed by atoms with Gasteiger partial charge in [0, 0.05) is 8.59 Å². The van der Waals surface area contributed by atoms with Crippen molar-refractivity contribution < 1.29 is 4.39 Å². The minimum absolute atomic E-state index is 0.265. The summed E-state index contributed by atoms with van der Waals surface area (Å²) in [6, 6.07) is 11.4. The van der Waals surface area contributed by atoms with Crippen molar-refractivity contribution in [3.8, 4) is 6.07 Å². The fourth-order valence-corrected chi connectivity index (χ4v) is 2.46. The van der Waals surface area contributed by atoms with Crippen LogP contribution in [0.4, 0.5) is 15.8 Å². The minimum atomic E-state index is -0.428. The smallest absolute Gasteiger partial charge is 0.124 e. The van der Waals surface area contributed by atoms with Gasteiger partial charge in [-0.15, -0.1) is 0 Å². The maximum absolute atomic E-state index is 13.0. The summed E-state index contributed by atoms with van der Waals surface area (Å²) in [5, 5.41) is 12.7. The van der Waals surface area contributed by atoms with Gasteiger partial charge in [0.15, 0.2) is 0 Å². The van der Waals surface area contributed by atoms with Crippen molar-refractivity contribution >= 4 is 45.6 Å². The van der Waals surface area contributed by atoms with Crippen molar-refractivity contribution in [3.05, 3.63) is 56.4 Å². The van der Waals surface area contributed by atoms with Gasteiger partial charge in [-0.2, -0.15) is 5.26 Å². The third kappa shape index (κ3) is 2.92. The highest BCUT2D eigenvalue weighted by Crippen LogP contribution is 2.27. The second-order valence-electron chi connectivity index (χ2n) is 3.55. The third-order valence-corrected chi connectivity index (χ3v) is 3.43. The van der Waals surface area contributed by atoms with E-state index in [1.165, 1.54) is 12.1 Å². The summed E-state index contributed by atoms with van der Waals surface area (Å²) in [4.78, 5) is 0. The van der Waals surface area contributed by atoms with Crippen molar-refractivity contribution in [3.63, 3.8) is 0 Å². The second-order valence-corrected chi connectivity index (χ2v) is 5.15. The molecule has 2 aromatic carbocycles. The van der Waals surface area contributed by atoms with Crippen molar-refractivity contribution in [2.24, 2.45) is 0 Å². The van der Waals surface area contributed by atoms with Gasteiger partial charge in [0.2, 0.25) is 0 Å². The molecule has 5 heteroatoms. The van der Waals surface area contributed by atoms with Gasteiger partial charge >= 0.3 is 0 Å². The van der Waals surface area contributed by atoms with Gasteiger partial charge < -0.3 is 5.32 Å². The molecule has 0 aromatic heterocycles. The zero-order valence-electron chi connectivity index (χ0n) is 9.05. The molecule has 0 aliphatic heterocycles. The van der Waals surface area contributed by atoms with Crippen LogP contribution in [0.1, 0.15) is 5.56 Å². The Balaban J connectivity index is 2.37. The Kier molecular flexibility index (Phi) is 4.04. The van der Waals surface area contributed by atoms with Crippen LogP contribution in [0.3, 0.4) is 0 Å². The molecule has 0 aliphatic rings. The number of benzene rings is 2. The first-order valence-corrected chi connectivity index (χ1v) is 6.47. The first kappa shape index (κ1) is 13.1. The molecular formula is C13H7ClFIN2. The van der Waals surface area contributed by atoms with Gasteiger partial charge in [0.1, 0.15) is 11.9 Å². The normalized spacial score (nSPS) is 9.89. The van der Waals surface area contributed by atoms with E-state index in [2.05, 4.69) is 27.9 Å². The molecule has 0 atom stereocenters. The Morgan fingerprint density at radius 2 is 1.89 bits per heavy atom. The molecule has 0 saturated carbocycles. The topological polar surface area (TPSA) is 35.8 Å². The summed E-state index contributed by atoms with van der Waals surface area (Å²) in [7, 11) is 0. The standard InChI is InChI=1S/C13H7ClFIN2/c14-9-1-3-13(11(16)6-9)18-12-4-2-10(15)5-8(12)7-17/h1-6,18H. The van der Waals surface area contributed by atoms with Crippen molar-refractivity contribution in [2.75, 3.05) is 5.32 Å². The van der Waals surface area contributed by atoms with Crippen LogP contribution in [-0.4, -0.2) is 0 Å². The van der Waals surface area contributed by atoms with E-state index < -0.39 is 5.82 Å². The van der Waals surface area contributed by atoms with Gasteiger partial charge in [-0.05, 0) is 59.0 Å². The number of nitrogens with zero attached hydrogens (tertiary/aromatic N) is 1. The van der Waals surface area contributed by atoms with Crippen molar-refractivity contribution in [2.45, 2.75) is 0 Å². The third-order valence-electron chi connectivity index (χ3n) is 2.30. The number of anilines is 2. The molecule has 18 heavy (non-hydrogen) atoms. The van der Waals surface area contributed by atoms with Crippen LogP contribution in [0.15, 0.2) is 36.4 Å². The van der Waals surface area contributed by atoms with E-state index in [0.29, 0.717) is 10.7 Å². The Labute approximate surface area is 123 Å². The summed E-state index contributed by atoms with van der Waals surface area (Å²) in [5.74, 6) is -0.428. The molecule has 90 valence electrons. The van der Waals surface area contributed by atoms with E-state index in [4.69, 9.17) is 16.9 Å². The van der Waals surface area contributed by atoms with Crippen molar-refractivity contribution in [1.82, 2.24) is 0 Å². The van der Waals surface area contributed by atoms with E-state index in [-0.39, 0.29) is 5.56 Å². The van der Waals surface area contributed by atoms with E-state index in [9.17, 15) is 4.39 Å². The lowest BCUT2D eigenvalue weighted by Crippen LogP contribution is -1.96. The van der Waals surface area contributed by atoms with Gasteiger partial charge in [0.25, 0.3) is 0 Å². The van der Waals surface area contributed by atoms with Crippen LogP contribution in [0.2, 0.25) is 5.02 Å². The number of hydrogen-bond donors (Lipinski definition) is 1. The molecule has 0 aliphatic carbocycles. The quantitative estimate of drug-likeness (QED) is 0.776. The lowest BCUT2D eigenvalue weighted by molar-refractivity contribution is 0.627. The lowest BCUT2D eigenvalue weighted by atomic mass is 10.2. The highest BCUT2D eigenvalue weighted by molar-refractivity contribution is 14.1. The highest BCUT2D eigenvalue weighted by atomic mass is 127. The molecule has 0 amide bonds.